The highest BCUT2D eigenvalue weighted by molar-refractivity contribution is 9.10. The van der Waals surface area contributed by atoms with E-state index >= 15 is 0 Å². The number of nitrogens with zero attached hydrogens (tertiary/aromatic N) is 1. The standard InChI is InChI=1S/C9H11BrN2O3/c10-8-2-1-6(3-7(11)5-13)4-9(8)12(14)15/h1-2,4,7,13H,3,5,11H2. The quantitative estimate of drug-likeness (QED) is 0.638. The van der Waals surface area contributed by atoms with Gasteiger partial charge in [0.2, 0.25) is 0 Å². The van der Waals surface area contributed by atoms with Gasteiger partial charge in [0.25, 0.3) is 5.69 Å². The number of halogens is 1. The molecule has 1 unspecified atom stereocenters. The van der Waals surface area contributed by atoms with Gasteiger partial charge in [0.05, 0.1) is 16.0 Å². The molecular formula is C9H11BrN2O3. The fourth-order valence-electron chi connectivity index (χ4n) is 1.19. The van der Waals surface area contributed by atoms with E-state index < -0.39 is 4.92 Å². The predicted molar refractivity (Wildman–Crippen MR) is 59.6 cm³/mol. The summed E-state index contributed by atoms with van der Waals surface area (Å²) in [5.74, 6) is 0. The SMILES string of the molecule is NC(CO)Cc1ccc(Br)c([N+](=O)[O-])c1. The van der Waals surface area contributed by atoms with Crippen molar-refractivity contribution in [2.45, 2.75) is 12.5 Å². The minimum absolute atomic E-state index is 0.0117. The minimum Gasteiger partial charge on any atom is -0.395 e. The zero-order valence-corrected chi connectivity index (χ0v) is 9.48. The van der Waals surface area contributed by atoms with Gasteiger partial charge in [-0.1, -0.05) is 6.07 Å². The Balaban J connectivity index is 2.92. The maximum Gasteiger partial charge on any atom is 0.283 e. The van der Waals surface area contributed by atoms with Gasteiger partial charge in [-0.25, -0.2) is 0 Å². The van der Waals surface area contributed by atoms with E-state index in [4.69, 9.17) is 10.8 Å². The van der Waals surface area contributed by atoms with Gasteiger partial charge >= 0.3 is 0 Å². The Kier molecular flexibility index (Phi) is 4.19. The van der Waals surface area contributed by atoms with Crippen LogP contribution in [0.25, 0.3) is 0 Å². The minimum atomic E-state index is -0.460. The molecule has 0 aliphatic rings. The number of benzene rings is 1. The van der Waals surface area contributed by atoms with Crippen LogP contribution in [-0.4, -0.2) is 22.7 Å². The predicted octanol–water partition coefficient (Wildman–Crippen LogP) is 1.22. The van der Waals surface area contributed by atoms with Crippen molar-refractivity contribution in [3.8, 4) is 0 Å². The molecule has 6 heteroatoms. The molecule has 82 valence electrons. The third-order valence-electron chi connectivity index (χ3n) is 1.94. The average molecular weight is 275 g/mol. The Labute approximate surface area is 95.2 Å². The zero-order chi connectivity index (χ0) is 11.4. The molecule has 0 aromatic heterocycles. The second-order valence-corrected chi connectivity index (χ2v) is 4.04. The molecule has 1 aromatic carbocycles. The first-order valence-corrected chi connectivity index (χ1v) is 5.13. The molecule has 0 bridgehead atoms. The lowest BCUT2D eigenvalue weighted by Gasteiger charge is -2.07. The maximum absolute atomic E-state index is 10.6. The zero-order valence-electron chi connectivity index (χ0n) is 7.89. The monoisotopic (exact) mass is 274 g/mol. The Morgan fingerprint density at radius 1 is 1.60 bits per heavy atom. The first-order valence-electron chi connectivity index (χ1n) is 4.34. The summed E-state index contributed by atoms with van der Waals surface area (Å²) in [5, 5.41) is 19.4. The fourth-order valence-corrected chi connectivity index (χ4v) is 1.58. The van der Waals surface area contributed by atoms with E-state index in [0.29, 0.717) is 10.9 Å². The van der Waals surface area contributed by atoms with Crippen LogP contribution in [0.15, 0.2) is 22.7 Å². The first kappa shape index (κ1) is 12.1. The maximum atomic E-state index is 10.6. The van der Waals surface area contributed by atoms with Gasteiger partial charge in [-0.3, -0.25) is 10.1 Å². The number of hydrogen-bond acceptors (Lipinski definition) is 4. The van der Waals surface area contributed by atoms with Crippen molar-refractivity contribution in [3.05, 3.63) is 38.3 Å². The van der Waals surface area contributed by atoms with Crippen LogP contribution in [0.3, 0.4) is 0 Å². The summed E-state index contributed by atoms with van der Waals surface area (Å²) in [6, 6.07) is 4.43. The van der Waals surface area contributed by atoms with Crippen molar-refractivity contribution >= 4 is 21.6 Å². The van der Waals surface area contributed by atoms with Crippen molar-refractivity contribution < 1.29 is 10.0 Å². The van der Waals surface area contributed by atoms with Gasteiger partial charge in [0.15, 0.2) is 0 Å². The number of rotatable bonds is 4. The summed E-state index contributed by atoms with van der Waals surface area (Å²) >= 11 is 3.09. The van der Waals surface area contributed by atoms with Crippen LogP contribution in [0.2, 0.25) is 0 Å². The van der Waals surface area contributed by atoms with E-state index in [2.05, 4.69) is 15.9 Å². The molecule has 0 heterocycles. The van der Waals surface area contributed by atoms with Gasteiger partial charge in [0.1, 0.15) is 0 Å². The molecule has 0 saturated carbocycles. The topological polar surface area (TPSA) is 89.4 Å². The van der Waals surface area contributed by atoms with E-state index in [-0.39, 0.29) is 18.3 Å². The van der Waals surface area contributed by atoms with Gasteiger partial charge in [-0.2, -0.15) is 0 Å². The van der Waals surface area contributed by atoms with Crippen LogP contribution in [0, 0.1) is 10.1 Å². The normalized spacial score (nSPS) is 12.5. The highest BCUT2D eigenvalue weighted by Gasteiger charge is 2.13. The Morgan fingerprint density at radius 2 is 2.27 bits per heavy atom. The summed E-state index contributed by atoms with van der Waals surface area (Å²) in [5.41, 5.74) is 6.29. The number of hydrogen-bond donors (Lipinski definition) is 2. The fraction of sp³-hybridized carbons (Fsp3) is 0.333. The molecule has 15 heavy (non-hydrogen) atoms. The lowest BCUT2D eigenvalue weighted by Crippen LogP contribution is -2.26. The second kappa shape index (κ2) is 5.20. The summed E-state index contributed by atoms with van der Waals surface area (Å²) in [6.07, 6.45) is 0.421. The first-order chi connectivity index (χ1) is 7.04. The average Bonchev–Trinajstić information content (AvgIpc) is 2.20. The van der Waals surface area contributed by atoms with E-state index in [0.717, 1.165) is 5.56 Å². The van der Waals surface area contributed by atoms with E-state index in [9.17, 15) is 10.1 Å². The smallest absolute Gasteiger partial charge is 0.283 e. The molecule has 0 radical (unpaired) electrons. The number of aliphatic hydroxyl groups is 1. The molecule has 0 aliphatic heterocycles. The Bertz CT molecular complexity index is 370. The highest BCUT2D eigenvalue weighted by Crippen LogP contribution is 2.25. The summed E-state index contributed by atoms with van der Waals surface area (Å²) in [7, 11) is 0. The van der Waals surface area contributed by atoms with Crippen molar-refractivity contribution in [2.24, 2.45) is 5.73 Å². The third-order valence-corrected chi connectivity index (χ3v) is 2.61. The number of nitrogens with two attached hydrogens (primary N) is 1. The van der Waals surface area contributed by atoms with Crippen LogP contribution in [0.1, 0.15) is 5.56 Å². The second-order valence-electron chi connectivity index (χ2n) is 3.19. The summed E-state index contributed by atoms with van der Waals surface area (Å²) in [4.78, 5) is 10.2. The highest BCUT2D eigenvalue weighted by atomic mass is 79.9. The molecule has 0 amide bonds. The largest absolute Gasteiger partial charge is 0.395 e. The van der Waals surface area contributed by atoms with Gasteiger partial charge in [-0.15, -0.1) is 0 Å². The van der Waals surface area contributed by atoms with Crippen LogP contribution in [0.4, 0.5) is 5.69 Å². The van der Waals surface area contributed by atoms with E-state index in [1.165, 1.54) is 6.07 Å². The molecule has 0 saturated heterocycles. The molecule has 0 aliphatic carbocycles. The van der Waals surface area contributed by atoms with E-state index in [1.807, 2.05) is 0 Å². The summed E-state index contributed by atoms with van der Waals surface area (Å²) < 4.78 is 0.439. The number of aliphatic hydroxyl groups excluding tert-OH is 1. The molecule has 0 fully saturated rings. The van der Waals surface area contributed by atoms with Crippen LogP contribution >= 0.6 is 15.9 Å². The molecular weight excluding hydrogens is 264 g/mol. The van der Waals surface area contributed by atoms with E-state index in [1.54, 1.807) is 12.1 Å². The van der Waals surface area contributed by atoms with Gasteiger partial charge in [-0.05, 0) is 34.0 Å². The van der Waals surface area contributed by atoms with Crippen LogP contribution in [0.5, 0.6) is 0 Å². The summed E-state index contributed by atoms with van der Waals surface area (Å²) in [6.45, 7) is -0.135. The third kappa shape index (κ3) is 3.26. The van der Waals surface area contributed by atoms with Crippen molar-refractivity contribution in [3.63, 3.8) is 0 Å². The molecule has 0 spiro atoms. The molecule has 3 N–H and O–H groups in total. The molecule has 5 nitrogen and oxygen atoms in total. The molecule has 1 aromatic rings. The lowest BCUT2D eigenvalue weighted by molar-refractivity contribution is -0.385. The Hall–Kier alpha value is -0.980. The van der Waals surface area contributed by atoms with Crippen LogP contribution < -0.4 is 5.73 Å². The number of nitro benzene ring substituents is 1. The van der Waals surface area contributed by atoms with Gasteiger partial charge in [0, 0.05) is 12.1 Å². The lowest BCUT2D eigenvalue weighted by atomic mass is 10.1. The number of nitro groups is 1. The van der Waals surface area contributed by atoms with Crippen LogP contribution in [-0.2, 0) is 6.42 Å². The molecule has 1 atom stereocenters. The Morgan fingerprint density at radius 3 is 2.80 bits per heavy atom. The molecule has 1 rings (SSSR count). The van der Waals surface area contributed by atoms with Gasteiger partial charge < -0.3 is 10.8 Å². The van der Waals surface area contributed by atoms with Crippen molar-refractivity contribution in [1.29, 1.82) is 0 Å². The van der Waals surface area contributed by atoms with Crippen molar-refractivity contribution in [1.82, 2.24) is 0 Å². The van der Waals surface area contributed by atoms with Crippen molar-refractivity contribution in [2.75, 3.05) is 6.61 Å².